The molecule has 0 spiro atoms. The van der Waals surface area contributed by atoms with Crippen LogP contribution in [0.2, 0.25) is 0 Å². The summed E-state index contributed by atoms with van der Waals surface area (Å²) < 4.78 is 1.62. The van der Waals surface area contributed by atoms with Gasteiger partial charge in [-0.25, -0.2) is 9.78 Å². The molecule has 13 heavy (non-hydrogen) atoms. The van der Waals surface area contributed by atoms with Crippen molar-refractivity contribution in [2.75, 3.05) is 0 Å². The molecule has 0 atom stereocenters. The molecule has 4 nitrogen and oxygen atoms in total. The van der Waals surface area contributed by atoms with Gasteiger partial charge in [-0.15, -0.1) is 0 Å². The third-order valence-corrected chi connectivity index (χ3v) is 1.79. The molecule has 0 saturated carbocycles. The minimum atomic E-state index is -0.968. The second kappa shape index (κ2) is 2.62. The maximum absolute atomic E-state index is 10.6. The number of carboxylic acids is 1. The van der Waals surface area contributed by atoms with Crippen LogP contribution >= 0.6 is 0 Å². The number of hydrogen-bond acceptors (Lipinski definition) is 2. The molecular formula is C8H5BN2O2. The summed E-state index contributed by atoms with van der Waals surface area (Å²) in [6.07, 6.45) is 3.07. The second-order valence-electron chi connectivity index (χ2n) is 2.63. The van der Waals surface area contributed by atoms with E-state index in [2.05, 4.69) is 4.98 Å². The van der Waals surface area contributed by atoms with Gasteiger partial charge in [0.05, 0.1) is 5.56 Å². The summed E-state index contributed by atoms with van der Waals surface area (Å²) in [6.45, 7) is 0. The first kappa shape index (κ1) is 7.85. The Balaban J connectivity index is 2.70. The lowest BCUT2D eigenvalue weighted by molar-refractivity contribution is 0.0697. The van der Waals surface area contributed by atoms with E-state index < -0.39 is 5.97 Å². The number of aromatic nitrogens is 2. The van der Waals surface area contributed by atoms with Gasteiger partial charge in [0.25, 0.3) is 0 Å². The minimum Gasteiger partial charge on any atom is -0.478 e. The number of nitrogens with zero attached hydrogens (tertiary/aromatic N) is 2. The smallest absolute Gasteiger partial charge is 0.335 e. The Kier molecular flexibility index (Phi) is 1.58. The molecule has 62 valence electrons. The summed E-state index contributed by atoms with van der Waals surface area (Å²) in [7, 11) is 5.56. The van der Waals surface area contributed by atoms with Gasteiger partial charge in [-0.05, 0) is 17.7 Å². The number of carboxylic acid groups (broad SMARTS) is 1. The SMILES string of the molecule is [B]c1cnc2cc(C(=O)O)ccn12. The minimum absolute atomic E-state index is 0.207. The Bertz CT molecular complexity index is 478. The van der Waals surface area contributed by atoms with Gasteiger partial charge in [0.2, 0.25) is 0 Å². The van der Waals surface area contributed by atoms with Crippen molar-refractivity contribution in [2.24, 2.45) is 0 Å². The summed E-state index contributed by atoms with van der Waals surface area (Å²) >= 11 is 0. The molecule has 0 amide bonds. The summed E-state index contributed by atoms with van der Waals surface area (Å²) in [4.78, 5) is 14.5. The van der Waals surface area contributed by atoms with Crippen LogP contribution in [0.25, 0.3) is 5.65 Å². The maximum atomic E-state index is 10.6. The van der Waals surface area contributed by atoms with E-state index in [9.17, 15) is 4.79 Å². The fourth-order valence-corrected chi connectivity index (χ4v) is 1.13. The van der Waals surface area contributed by atoms with Gasteiger partial charge in [0.1, 0.15) is 13.5 Å². The van der Waals surface area contributed by atoms with E-state index in [1.807, 2.05) is 0 Å². The normalized spacial score (nSPS) is 10.5. The van der Waals surface area contributed by atoms with Crippen molar-refractivity contribution < 1.29 is 9.90 Å². The lowest BCUT2D eigenvalue weighted by Gasteiger charge is -1.97. The van der Waals surface area contributed by atoms with Gasteiger partial charge >= 0.3 is 5.97 Å². The fraction of sp³-hybridized carbons (Fsp3) is 0. The number of pyridine rings is 1. The van der Waals surface area contributed by atoms with Gasteiger partial charge < -0.3 is 9.51 Å². The molecule has 0 bridgehead atoms. The van der Waals surface area contributed by atoms with E-state index in [4.69, 9.17) is 13.0 Å². The van der Waals surface area contributed by atoms with Crippen LogP contribution in [0.3, 0.4) is 0 Å². The molecule has 0 aliphatic carbocycles. The Morgan fingerprint density at radius 2 is 2.38 bits per heavy atom. The lowest BCUT2D eigenvalue weighted by Crippen LogP contribution is -2.09. The molecule has 2 aromatic heterocycles. The maximum Gasteiger partial charge on any atom is 0.335 e. The molecule has 0 aromatic carbocycles. The van der Waals surface area contributed by atoms with E-state index >= 15 is 0 Å². The van der Waals surface area contributed by atoms with Crippen LogP contribution in [0.15, 0.2) is 24.5 Å². The van der Waals surface area contributed by atoms with E-state index in [0.717, 1.165) is 0 Å². The quantitative estimate of drug-likeness (QED) is 0.607. The number of imidazole rings is 1. The molecule has 2 rings (SSSR count). The number of carbonyl (C=O) groups is 1. The van der Waals surface area contributed by atoms with E-state index in [1.54, 1.807) is 10.6 Å². The predicted molar refractivity (Wildman–Crippen MR) is 47.5 cm³/mol. The third kappa shape index (κ3) is 1.18. The second-order valence-corrected chi connectivity index (χ2v) is 2.63. The molecule has 0 aliphatic rings. The molecular weight excluding hydrogens is 167 g/mol. The van der Waals surface area contributed by atoms with Crippen molar-refractivity contribution in [1.29, 1.82) is 0 Å². The standard InChI is InChI=1S/C8H5BN2O2/c9-6-4-10-7-3-5(8(12)13)1-2-11(6)7/h1-4H,(H,12,13). The molecule has 5 heteroatoms. The van der Waals surface area contributed by atoms with Crippen molar-refractivity contribution in [3.05, 3.63) is 30.1 Å². The van der Waals surface area contributed by atoms with E-state index in [0.29, 0.717) is 11.2 Å². The topological polar surface area (TPSA) is 54.6 Å². The van der Waals surface area contributed by atoms with Crippen molar-refractivity contribution in [3.63, 3.8) is 0 Å². The van der Waals surface area contributed by atoms with E-state index in [1.165, 1.54) is 18.3 Å². The molecule has 0 saturated heterocycles. The van der Waals surface area contributed by atoms with Crippen molar-refractivity contribution in [2.45, 2.75) is 0 Å². The first-order chi connectivity index (χ1) is 6.18. The first-order valence-electron chi connectivity index (χ1n) is 3.64. The molecule has 0 aliphatic heterocycles. The van der Waals surface area contributed by atoms with Crippen LogP contribution in [-0.2, 0) is 0 Å². The van der Waals surface area contributed by atoms with Crippen LogP contribution in [0.1, 0.15) is 10.4 Å². The zero-order valence-electron chi connectivity index (χ0n) is 6.64. The summed E-state index contributed by atoms with van der Waals surface area (Å²) in [6, 6.07) is 2.95. The van der Waals surface area contributed by atoms with E-state index in [-0.39, 0.29) is 5.56 Å². The van der Waals surface area contributed by atoms with Gasteiger partial charge in [0, 0.05) is 12.4 Å². The fourth-order valence-electron chi connectivity index (χ4n) is 1.13. The zero-order chi connectivity index (χ0) is 9.42. The Labute approximate surface area is 75.2 Å². The highest BCUT2D eigenvalue weighted by molar-refractivity contribution is 6.31. The van der Waals surface area contributed by atoms with Crippen molar-refractivity contribution >= 4 is 25.1 Å². The predicted octanol–water partition coefficient (Wildman–Crippen LogP) is -0.174. The Hall–Kier alpha value is -1.78. The molecule has 0 unspecified atom stereocenters. The van der Waals surface area contributed by atoms with Crippen molar-refractivity contribution in [1.82, 2.24) is 9.38 Å². The van der Waals surface area contributed by atoms with Crippen LogP contribution in [0.4, 0.5) is 0 Å². The number of fused-ring (bicyclic) bond motifs is 1. The zero-order valence-corrected chi connectivity index (χ0v) is 6.64. The number of rotatable bonds is 1. The largest absolute Gasteiger partial charge is 0.478 e. The molecule has 2 heterocycles. The highest BCUT2D eigenvalue weighted by Crippen LogP contribution is 2.03. The third-order valence-electron chi connectivity index (χ3n) is 1.79. The summed E-state index contributed by atoms with van der Waals surface area (Å²) in [5.74, 6) is -0.968. The molecule has 1 N–H and O–H groups in total. The summed E-state index contributed by atoms with van der Waals surface area (Å²) in [5.41, 5.74) is 1.24. The highest BCUT2D eigenvalue weighted by Gasteiger charge is 2.04. The van der Waals surface area contributed by atoms with Crippen molar-refractivity contribution in [3.8, 4) is 0 Å². The first-order valence-corrected chi connectivity index (χ1v) is 3.64. The van der Waals surface area contributed by atoms with Gasteiger partial charge in [-0.2, -0.15) is 0 Å². The van der Waals surface area contributed by atoms with Crippen LogP contribution in [-0.4, -0.2) is 28.3 Å². The highest BCUT2D eigenvalue weighted by atomic mass is 16.4. The van der Waals surface area contributed by atoms with Gasteiger partial charge in [0.15, 0.2) is 0 Å². The summed E-state index contributed by atoms with van der Waals surface area (Å²) in [5, 5.41) is 8.68. The van der Waals surface area contributed by atoms with Crippen LogP contribution in [0, 0.1) is 0 Å². The monoisotopic (exact) mass is 172 g/mol. The number of aromatic carboxylic acids is 1. The number of hydrogen-bond donors (Lipinski definition) is 1. The van der Waals surface area contributed by atoms with Gasteiger partial charge in [-0.1, -0.05) is 0 Å². The average molecular weight is 172 g/mol. The molecule has 2 aromatic rings. The lowest BCUT2D eigenvalue weighted by atomic mass is 10.1. The van der Waals surface area contributed by atoms with Crippen LogP contribution < -0.4 is 5.59 Å². The Morgan fingerprint density at radius 3 is 3.08 bits per heavy atom. The molecule has 2 radical (unpaired) electrons. The average Bonchev–Trinajstić information content (AvgIpc) is 2.47. The Morgan fingerprint density at radius 1 is 1.62 bits per heavy atom. The van der Waals surface area contributed by atoms with Crippen LogP contribution in [0.5, 0.6) is 0 Å². The van der Waals surface area contributed by atoms with Gasteiger partial charge in [-0.3, -0.25) is 0 Å². The molecule has 0 fully saturated rings.